The zero-order valence-corrected chi connectivity index (χ0v) is 13.6. The Hall–Kier alpha value is -1.84. The lowest BCUT2D eigenvalue weighted by Gasteiger charge is -2.29. The van der Waals surface area contributed by atoms with Crippen molar-refractivity contribution in [3.05, 3.63) is 30.1 Å². The van der Waals surface area contributed by atoms with E-state index in [1.165, 1.54) is 38.5 Å². The summed E-state index contributed by atoms with van der Waals surface area (Å²) >= 11 is 0. The highest BCUT2D eigenvalue weighted by atomic mass is 16.2. The number of amides is 1. The first kappa shape index (κ1) is 14.7. The third-order valence-corrected chi connectivity index (χ3v) is 5.58. The Bertz CT molecular complexity index is 654. The Morgan fingerprint density at radius 1 is 1.17 bits per heavy atom. The fraction of sp³-hybridized carbons (Fsp3) is 0.579. The standard InChI is InChI=1S/C19H25N3O/c23-19(22-13-5-10-17(22)14-6-1-2-7-14)12-11-18-20-15-8-3-4-9-16(15)21-18/h3-4,8-9,14,17H,1-2,5-7,10-13H2,(H,20,21)/t17-/m1/s1. The van der Waals surface area contributed by atoms with Gasteiger partial charge in [-0.2, -0.15) is 0 Å². The molecule has 0 spiro atoms. The maximum atomic E-state index is 12.7. The molecular weight excluding hydrogens is 286 g/mol. The lowest BCUT2D eigenvalue weighted by atomic mass is 9.96. The van der Waals surface area contributed by atoms with Crippen molar-refractivity contribution in [2.75, 3.05) is 6.54 Å². The number of aromatic amines is 1. The van der Waals surface area contributed by atoms with E-state index in [4.69, 9.17) is 0 Å². The van der Waals surface area contributed by atoms with E-state index in [0.717, 1.165) is 29.3 Å². The molecule has 1 aromatic carbocycles. The summed E-state index contributed by atoms with van der Waals surface area (Å²) in [5.74, 6) is 2.00. The van der Waals surface area contributed by atoms with Gasteiger partial charge in [0.2, 0.25) is 5.91 Å². The van der Waals surface area contributed by atoms with Gasteiger partial charge in [-0.15, -0.1) is 0 Å². The summed E-state index contributed by atoms with van der Waals surface area (Å²) in [6.45, 7) is 0.958. The van der Waals surface area contributed by atoms with Gasteiger partial charge in [0.1, 0.15) is 5.82 Å². The first-order valence-electron chi connectivity index (χ1n) is 9.04. The number of imidazole rings is 1. The highest BCUT2D eigenvalue weighted by Crippen LogP contribution is 2.35. The highest BCUT2D eigenvalue weighted by molar-refractivity contribution is 5.78. The summed E-state index contributed by atoms with van der Waals surface area (Å²) in [4.78, 5) is 22.8. The number of aryl methyl sites for hydroxylation is 1. The van der Waals surface area contributed by atoms with E-state index in [1.54, 1.807) is 0 Å². The molecule has 122 valence electrons. The summed E-state index contributed by atoms with van der Waals surface area (Å²) in [5.41, 5.74) is 2.04. The minimum atomic E-state index is 0.319. The fourth-order valence-electron chi connectivity index (χ4n) is 4.43. The average molecular weight is 311 g/mol. The van der Waals surface area contributed by atoms with Gasteiger partial charge in [0.05, 0.1) is 11.0 Å². The van der Waals surface area contributed by atoms with E-state index >= 15 is 0 Å². The summed E-state index contributed by atoms with van der Waals surface area (Å²) in [5, 5.41) is 0. The van der Waals surface area contributed by atoms with Crippen LogP contribution in [0.4, 0.5) is 0 Å². The van der Waals surface area contributed by atoms with E-state index in [1.807, 2.05) is 24.3 Å². The summed E-state index contributed by atoms with van der Waals surface area (Å²) in [6.07, 6.45) is 9.00. The average Bonchev–Trinajstić information content (AvgIpc) is 3.31. The van der Waals surface area contributed by atoms with Crippen LogP contribution in [0.15, 0.2) is 24.3 Å². The van der Waals surface area contributed by atoms with E-state index in [0.29, 0.717) is 24.8 Å². The van der Waals surface area contributed by atoms with E-state index in [2.05, 4.69) is 14.9 Å². The maximum Gasteiger partial charge on any atom is 0.223 e. The van der Waals surface area contributed by atoms with Crippen molar-refractivity contribution in [1.29, 1.82) is 0 Å². The van der Waals surface area contributed by atoms with Gasteiger partial charge in [0.15, 0.2) is 0 Å². The first-order chi connectivity index (χ1) is 11.3. The van der Waals surface area contributed by atoms with Crippen LogP contribution in [0.5, 0.6) is 0 Å². The molecule has 2 aromatic rings. The molecule has 1 saturated heterocycles. The van der Waals surface area contributed by atoms with Crippen LogP contribution in [0.25, 0.3) is 11.0 Å². The number of carbonyl (C=O) groups excluding carboxylic acids is 1. The third-order valence-electron chi connectivity index (χ3n) is 5.58. The molecule has 2 fully saturated rings. The monoisotopic (exact) mass is 311 g/mol. The molecule has 0 bridgehead atoms. The van der Waals surface area contributed by atoms with Crippen LogP contribution in [-0.4, -0.2) is 33.4 Å². The second-order valence-electron chi connectivity index (χ2n) is 7.04. The van der Waals surface area contributed by atoms with Crippen LogP contribution in [0.3, 0.4) is 0 Å². The first-order valence-corrected chi connectivity index (χ1v) is 9.04. The van der Waals surface area contributed by atoms with Crippen LogP contribution in [0.2, 0.25) is 0 Å². The number of likely N-dealkylation sites (tertiary alicyclic amines) is 1. The number of fused-ring (bicyclic) bond motifs is 1. The van der Waals surface area contributed by atoms with Crippen LogP contribution >= 0.6 is 0 Å². The SMILES string of the molecule is O=C(CCc1nc2ccccc2[nH]1)N1CCC[C@@H]1C1CCCC1. The molecule has 1 N–H and O–H groups in total. The fourth-order valence-corrected chi connectivity index (χ4v) is 4.43. The van der Waals surface area contributed by atoms with Crippen LogP contribution in [0.1, 0.15) is 50.8 Å². The topological polar surface area (TPSA) is 49.0 Å². The van der Waals surface area contributed by atoms with Crippen molar-refractivity contribution in [3.63, 3.8) is 0 Å². The number of H-pyrrole nitrogens is 1. The Morgan fingerprint density at radius 3 is 2.83 bits per heavy atom. The largest absolute Gasteiger partial charge is 0.342 e. The lowest BCUT2D eigenvalue weighted by molar-refractivity contribution is -0.132. The number of nitrogens with one attached hydrogen (secondary N) is 1. The van der Waals surface area contributed by atoms with Crippen molar-refractivity contribution in [3.8, 4) is 0 Å². The number of nitrogens with zero attached hydrogens (tertiary/aromatic N) is 2. The number of aromatic nitrogens is 2. The number of hydrogen-bond acceptors (Lipinski definition) is 2. The van der Waals surface area contributed by atoms with E-state index in [-0.39, 0.29) is 0 Å². The van der Waals surface area contributed by atoms with Crippen LogP contribution < -0.4 is 0 Å². The second kappa shape index (κ2) is 6.34. The van der Waals surface area contributed by atoms with Crippen molar-refractivity contribution < 1.29 is 4.79 Å². The number of hydrogen-bond donors (Lipinski definition) is 1. The molecule has 2 aliphatic rings. The van der Waals surface area contributed by atoms with E-state index < -0.39 is 0 Å². The Kier molecular flexibility index (Phi) is 4.06. The normalized spacial score (nSPS) is 22.3. The quantitative estimate of drug-likeness (QED) is 0.936. The molecular formula is C19H25N3O. The van der Waals surface area contributed by atoms with Gasteiger partial charge in [-0.3, -0.25) is 4.79 Å². The smallest absolute Gasteiger partial charge is 0.223 e. The van der Waals surface area contributed by atoms with Gasteiger partial charge >= 0.3 is 0 Å². The lowest BCUT2D eigenvalue weighted by Crippen LogP contribution is -2.39. The molecule has 1 aliphatic heterocycles. The number of carbonyl (C=O) groups is 1. The highest BCUT2D eigenvalue weighted by Gasteiger charge is 2.35. The summed E-state index contributed by atoms with van der Waals surface area (Å²) in [6, 6.07) is 8.55. The molecule has 23 heavy (non-hydrogen) atoms. The van der Waals surface area contributed by atoms with Gasteiger partial charge < -0.3 is 9.88 Å². The molecule has 4 nitrogen and oxygen atoms in total. The van der Waals surface area contributed by atoms with Gasteiger partial charge in [-0.25, -0.2) is 4.98 Å². The molecule has 4 heteroatoms. The summed E-state index contributed by atoms with van der Waals surface area (Å²) < 4.78 is 0. The van der Waals surface area contributed by atoms with Gasteiger partial charge in [-0.1, -0.05) is 25.0 Å². The zero-order valence-electron chi connectivity index (χ0n) is 13.6. The van der Waals surface area contributed by atoms with Crippen molar-refractivity contribution in [2.45, 2.75) is 57.4 Å². The predicted molar refractivity (Wildman–Crippen MR) is 91.1 cm³/mol. The minimum absolute atomic E-state index is 0.319. The molecule has 4 rings (SSSR count). The number of rotatable bonds is 4. The maximum absolute atomic E-state index is 12.7. The number of benzene rings is 1. The molecule has 1 aliphatic carbocycles. The van der Waals surface area contributed by atoms with Crippen molar-refractivity contribution >= 4 is 16.9 Å². The van der Waals surface area contributed by atoms with Crippen molar-refractivity contribution in [1.82, 2.24) is 14.9 Å². The Morgan fingerprint density at radius 2 is 2.00 bits per heavy atom. The summed E-state index contributed by atoms with van der Waals surface area (Å²) in [7, 11) is 0. The number of para-hydroxylation sites is 2. The van der Waals surface area contributed by atoms with Gasteiger partial charge in [0.25, 0.3) is 0 Å². The molecule has 1 amide bonds. The molecule has 1 saturated carbocycles. The minimum Gasteiger partial charge on any atom is -0.342 e. The Labute approximate surface area is 137 Å². The van der Waals surface area contributed by atoms with Crippen LogP contribution in [-0.2, 0) is 11.2 Å². The molecule has 2 heterocycles. The molecule has 0 radical (unpaired) electrons. The van der Waals surface area contributed by atoms with Crippen LogP contribution in [0, 0.1) is 5.92 Å². The second-order valence-corrected chi connectivity index (χ2v) is 7.04. The predicted octanol–water partition coefficient (Wildman–Crippen LogP) is 3.68. The van der Waals surface area contributed by atoms with Crippen molar-refractivity contribution in [2.24, 2.45) is 5.92 Å². The molecule has 1 aromatic heterocycles. The molecule has 0 unspecified atom stereocenters. The van der Waals surface area contributed by atoms with Gasteiger partial charge in [0, 0.05) is 25.4 Å². The van der Waals surface area contributed by atoms with Gasteiger partial charge in [-0.05, 0) is 43.7 Å². The third kappa shape index (κ3) is 2.99. The molecule has 1 atom stereocenters. The Balaban J connectivity index is 1.39. The van der Waals surface area contributed by atoms with E-state index in [9.17, 15) is 4.79 Å². The zero-order chi connectivity index (χ0) is 15.6.